The van der Waals surface area contributed by atoms with Crippen molar-refractivity contribution in [3.05, 3.63) is 35.9 Å². The Morgan fingerprint density at radius 1 is 1.36 bits per heavy atom. The molecule has 2 heteroatoms. The van der Waals surface area contributed by atoms with Crippen molar-refractivity contribution < 1.29 is 4.79 Å². The topological polar surface area (TPSA) is 20.3 Å². The minimum atomic E-state index is 0.215. The Morgan fingerprint density at radius 3 is 2.50 bits per heavy atom. The van der Waals surface area contributed by atoms with Gasteiger partial charge in [-0.15, -0.1) is 0 Å². The van der Waals surface area contributed by atoms with E-state index in [1.54, 1.807) is 0 Å². The molecule has 2 nitrogen and oxygen atoms in total. The molecule has 1 amide bonds. The lowest BCUT2D eigenvalue weighted by atomic mass is 9.97. The maximum Gasteiger partial charge on any atom is 0.225 e. The summed E-state index contributed by atoms with van der Waals surface area (Å²) in [5.74, 6) is 0.272. The molecule has 0 bridgehead atoms. The minimum Gasteiger partial charge on any atom is -0.333 e. The lowest BCUT2D eigenvalue weighted by Crippen LogP contribution is -2.51. The Kier molecular flexibility index (Phi) is 2.28. The van der Waals surface area contributed by atoms with Gasteiger partial charge in [-0.1, -0.05) is 30.3 Å². The van der Waals surface area contributed by atoms with Crippen LogP contribution < -0.4 is 0 Å². The summed E-state index contributed by atoms with van der Waals surface area (Å²) in [6.45, 7) is 4.18. The standard InChI is InChI=1S/C12H15NO/c1-9-8-12(14)13(9)10(2)11-6-4-3-5-7-11/h3-7,9-10H,8H2,1-2H3/t9-,10-/m0/s1. The first-order valence-electron chi connectivity index (χ1n) is 5.06. The number of amides is 1. The molecule has 0 saturated carbocycles. The average Bonchev–Trinajstić information content (AvgIpc) is 2.18. The molecular weight excluding hydrogens is 174 g/mol. The molecule has 1 aliphatic rings. The molecule has 1 heterocycles. The molecule has 0 radical (unpaired) electrons. The zero-order valence-corrected chi connectivity index (χ0v) is 8.60. The summed E-state index contributed by atoms with van der Waals surface area (Å²) < 4.78 is 0. The molecule has 1 fully saturated rings. The van der Waals surface area contributed by atoms with E-state index in [0.29, 0.717) is 12.5 Å². The summed E-state index contributed by atoms with van der Waals surface area (Å²) in [4.78, 5) is 13.3. The van der Waals surface area contributed by atoms with E-state index in [-0.39, 0.29) is 11.9 Å². The Labute approximate surface area is 84.5 Å². The molecule has 0 spiro atoms. The monoisotopic (exact) mass is 189 g/mol. The number of hydrogen-bond donors (Lipinski definition) is 0. The van der Waals surface area contributed by atoms with Crippen molar-refractivity contribution in [1.82, 2.24) is 4.90 Å². The van der Waals surface area contributed by atoms with E-state index in [1.165, 1.54) is 5.56 Å². The molecule has 1 aromatic rings. The fraction of sp³-hybridized carbons (Fsp3) is 0.417. The second-order valence-electron chi connectivity index (χ2n) is 3.94. The van der Waals surface area contributed by atoms with Crippen LogP contribution in [-0.4, -0.2) is 16.8 Å². The predicted octanol–water partition coefficient (Wildman–Crippen LogP) is 2.37. The van der Waals surface area contributed by atoms with Gasteiger partial charge in [-0.05, 0) is 19.4 Å². The highest BCUT2D eigenvalue weighted by atomic mass is 16.2. The van der Waals surface area contributed by atoms with Crippen molar-refractivity contribution in [3.63, 3.8) is 0 Å². The zero-order chi connectivity index (χ0) is 10.1. The summed E-state index contributed by atoms with van der Waals surface area (Å²) in [6, 6.07) is 10.8. The first-order valence-corrected chi connectivity index (χ1v) is 5.06. The molecule has 0 aromatic heterocycles. The summed E-state index contributed by atoms with van der Waals surface area (Å²) in [5, 5.41) is 0. The van der Waals surface area contributed by atoms with Gasteiger partial charge in [-0.25, -0.2) is 0 Å². The third-order valence-electron chi connectivity index (χ3n) is 2.93. The van der Waals surface area contributed by atoms with Crippen LogP contribution in [0.25, 0.3) is 0 Å². The third kappa shape index (κ3) is 1.41. The SMILES string of the molecule is C[C@H]1CC(=O)N1[C@@H](C)c1ccccc1. The Balaban J connectivity index is 2.16. The second kappa shape index (κ2) is 3.45. The van der Waals surface area contributed by atoms with Crippen LogP contribution in [0.15, 0.2) is 30.3 Å². The highest BCUT2D eigenvalue weighted by Gasteiger charge is 2.36. The molecule has 1 aromatic carbocycles. The Hall–Kier alpha value is -1.31. The molecule has 0 unspecified atom stereocenters. The van der Waals surface area contributed by atoms with Crippen LogP contribution in [0.1, 0.15) is 31.9 Å². The lowest BCUT2D eigenvalue weighted by Gasteiger charge is -2.43. The van der Waals surface area contributed by atoms with Crippen molar-refractivity contribution in [2.75, 3.05) is 0 Å². The molecule has 1 aliphatic heterocycles. The molecule has 74 valence electrons. The van der Waals surface area contributed by atoms with Gasteiger partial charge in [0, 0.05) is 12.5 Å². The number of carbonyl (C=O) groups is 1. The molecule has 0 aliphatic carbocycles. The van der Waals surface area contributed by atoms with Crippen molar-refractivity contribution in [2.24, 2.45) is 0 Å². The van der Waals surface area contributed by atoms with Crippen molar-refractivity contribution in [2.45, 2.75) is 32.4 Å². The van der Waals surface area contributed by atoms with Crippen LogP contribution in [-0.2, 0) is 4.79 Å². The Bertz CT molecular complexity index is 333. The summed E-state index contributed by atoms with van der Waals surface area (Å²) in [6.07, 6.45) is 0.706. The zero-order valence-electron chi connectivity index (χ0n) is 8.60. The number of benzene rings is 1. The van der Waals surface area contributed by atoms with Gasteiger partial charge < -0.3 is 4.90 Å². The largest absolute Gasteiger partial charge is 0.333 e. The van der Waals surface area contributed by atoms with Crippen LogP contribution in [0, 0.1) is 0 Å². The quantitative estimate of drug-likeness (QED) is 0.654. The van der Waals surface area contributed by atoms with Gasteiger partial charge in [0.1, 0.15) is 0 Å². The average molecular weight is 189 g/mol. The first-order chi connectivity index (χ1) is 6.70. The smallest absolute Gasteiger partial charge is 0.225 e. The fourth-order valence-electron chi connectivity index (χ4n) is 2.08. The van der Waals surface area contributed by atoms with E-state index in [0.717, 1.165) is 0 Å². The van der Waals surface area contributed by atoms with Crippen LogP contribution in [0.3, 0.4) is 0 Å². The second-order valence-corrected chi connectivity index (χ2v) is 3.94. The first kappa shape index (κ1) is 9.25. The van der Waals surface area contributed by atoms with E-state index in [4.69, 9.17) is 0 Å². The van der Waals surface area contributed by atoms with Gasteiger partial charge in [0.05, 0.1) is 6.04 Å². The van der Waals surface area contributed by atoms with E-state index in [1.807, 2.05) is 23.1 Å². The number of β-lactam (4-membered cyclic amide) rings is 1. The van der Waals surface area contributed by atoms with Crippen LogP contribution >= 0.6 is 0 Å². The molecule has 2 rings (SSSR count). The highest BCUT2D eigenvalue weighted by Crippen LogP contribution is 2.30. The molecule has 14 heavy (non-hydrogen) atoms. The minimum absolute atomic E-state index is 0.215. The van der Waals surface area contributed by atoms with Gasteiger partial charge in [-0.2, -0.15) is 0 Å². The number of nitrogens with zero attached hydrogens (tertiary/aromatic N) is 1. The van der Waals surface area contributed by atoms with Crippen LogP contribution in [0.5, 0.6) is 0 Å². The molecule has 2 atom stereocenters. The maximum atomic E-state index is 11.4. The lowest BCUT2D eigenvalue weighted by molar-refractivity contribution is -0.148. The summed E-state index contributed by atoms with van der Waals surface area (Å²) >= 11 is 0. The van der Waals surface area contributed by atoms with Crippen LogP contribution in [0.2, 0.25) is 0 Å². The number of likely N-dealkylation sites (tertiary alicyclic amines) is 1. The van der Waals surface area contributed by atoms with Gasteiger partial charge >= 0.3 is 0 Å². The van der Waals surface area contributed by atoms with Crippen molar-refractivity contribution in [3.8, 4) is 0 Å². The third-order valence-corrected chi connectivity index (χ3v) is 2.93. The van der Waals surface area contributed by atoms with Gasteiger partial charge in [0.2, 0.25) is 5.91 Å². The number of carbonyl (C=O) groups excluding carboxylic acids is 1. The normalized spacial score (nSPS) is 23.1. The van der Waals surface area contributed by atoms with Crippen molar-refractivity contribution in [1.29, 1.82) is 0 Å². The molecule has 0 N–H and O–H groups in total. The van der Waals surface area contributed by atoms with Crippen LogP contribution in [0.4, 0.5) is 0 Å². The predicted molar refractivity (Wildman–Crippen MR) is 55.8 cm³/mol. The Morgan fingerprint density at radius 2 is 2.00 bits per heavy atom. The van der Waals surface area contributed by atoms with E-state index >= 15 is 0 Å². The summed E-state index contributed by atoms with van der Waals surface area (Å²) in [7, 11) is 0. The maximum absolute atomic E-state index is 11.4. The summed E-state index contributed by atoms with van der Waals surface area (Å²) in [5.41, 5.74) is 1.22. The molecule has 1 saturated heterocycles. The van der Waals surface area contributed by atoms with Gasteiger partial charge in [0.25, 0.3) is 0 Å². The number of rotatable bonds is 2. The van der Waals surface area contributed by atoms with Gasteiger partial charge in [-0.3, -0.25) is 4.79 Å². The van der Waals surface area contributed by atoms with E-state index in [2.05, 4.69) is 26.0 Å². The van der Waals surface area contributed by atoms with Crippen molar-refractivity contribution >= 4 is 5.91 Å². The highest BCUT2D eigenvalue weighted by molar-refractivity contribution is 5.83. The van der Waals surface area contributed by atoms with E-state index in [9.17, 15) is 4.79 Å². The van der Waals surface area contributed by atoms with E-state index < -0.39 is 0 Å². The number of hydrogen-bond acceptors (Lipinski definition) is 1. The van der Waals surface area contributed by atoms with Gasteiger partial charge in [0.15, 0.2) is 0 Å². The molecular formula is C12H15NO. The fourth-order valence-corrected chi connectivity index (χ4v) is 2.08.